The quantitative estimate of drug-likeness (QED) is 0.152. The molecule has 6 aromatic rings. The van der Waals surface area contributed by atoms with E-state index in [9.17, 15) is 4.39 Å². The van der Waals surface area contributed by atoms with Crippen molar-refractivity contribution in [1.82, 2.24) is 0 Å². The van der Waals surface area contributed by atoms with Gasteiger partial charge in [-0.15, -0.1) is 0 Å². The Hall–Kier alpha value is -5.16. The minimum Gasteiger partial charge on any atom is -0.496 e. The predicted octanol–water partition coefficient (Wildman–Crippen LogP) is 8.82. The minimum absolute atomic E-state index is 0.0949. The van der Waals surface area contributed by atoms with Gasteiger partial charge in [0, 0.05) is 16.7 Å². The summed E-state index contributed by atoms with van der Waals surface area (Å²) in [7, 11) is 3.94. The number of hydrogen-bond acceptors (Lipinski definition) is 6. The predicted molar refractivity (Wildman–Crippen MR) is 199 cm³/mol. The molecule has 6 aromatic carbocycles. The Labute approximate surface area is 313 Å². The molecule has 0 heterocycles. The van der Waals surface area contributed by atoms with E-state index in [2.05, 4.69) is 15.9 Å². The van der Waals surface area contributed by atoms with Crippen LogP contribution >= 0.6 is 15.9 Å². The number of hydrogen-bond donors (Lipinski definition) is 2. The van der Waals surface area contributed by atoms with E-state index in [0.29, 0.717) is 44.2 Å². The normalized spacial score (nSPS) is 12.9. The SMILES string of the molecule is COc1cccc(OC)c1-c1cccc(Br)c1F.[2H]c1c([2H])c([2H])c(-c2cccc(-c3c(OC)cccc3OC)c2F)c([2H])c1[2H].[2H]c1c([2H])c([2H])c(B(O)O)c([2H])c1[2H]. The molecule has 0 saturated carbocycles. The van der Waals surface area contributed by atoms with Crippen LogP contribution in [-0.2, 0) is 0 Å². The van der Waals surface area contributed by atoms with E-state index in [1.807, 2.05) is 0 Å². The average Bonchev–Trinajstić information content (AvgIpc) is 3.25. The molecule has 0 aliphatic heterocycles. The Morgan fingerprint density at radius 2 is 0.920 bits per heavy atom. The Morgan fingerprint density at radius 3 is 1.36 bits per heavy atom. The van der Waals surface area contributed by atoms with Crippen LogP contribution < -0.4 is 24.4 Å². The van der Waals surface area contributed by atoms with Crippen LogP contribution in [0.2, 0.25) is 0 Å². The number of ether oxygens (including phenoxy) is 4. The maximum absolute atomic E-state index is 15.6. The molecule has 10 heteroatoms. The van der Waals surface area contributed by atoms with Crippen LogP contribution in [0.4, 0.5) is 8.78 Å². The first kappa shape index (κ1) is 25.8. The lowest BCUT2D eigenvalue weighted by molar-refractivity contribution is 0.396. The van der Waals surface area contributed by atoms with Gasteiger partial charge in [-0.2, -0.15) is 0 Å². The summed E-state index contributed by atoms with van der Waals surface area (Å²) in [5.41, 5.74) is 0.774. The largest absolute Gasteiger partial charge is 0.496 e. The van der Waals surface area contributed by atoms with E-state index in [-0.39, 0.29) is 22.5 Å². The van der Waals surface area contributed by atoms with E-state index in [4.69, 9.17) is 42.7 Å². The minimum atomic E-state index is -2.07. The first-order valence-electron chi connectivity index (χ1n) is 19.5. The summed E-state index contributed by atoms with van der Waals surface area (Å²) in [5.74, 6) is 0.856. The van der Waals surface area contributed by atoms with Crippen LogP contribution in [0.25, 0.3) is 33.4 Å². The first-order valence-corrected chi connectivity index (χ1v) is 15.3. The fraction of sp³-hybridized carbons (Fsp3) is 0.100. The molecule has 0 aromatic heterocycles. The fourth-order valence-electron chi connectivity index (χ4n) is 4.62. The van der Waals surface area contributed by atoms with E-state index >= 15 is 4.39 Å². The van der Waals surface area contributed by atoms with Gasteiger partial charge in [-0.1, -0.05) is 103 Å². The molecular weight excluding hydrogens is 705 g/mol. The van der Waals surface area contributed by atoms with Gasteiger partial charge in [0.1, 0.15) is 34.6 Å². The van der Waals surface area contributed by atoms with Crippen molar-refractivity contribution in [1.29, 1.82) is 0 Å². The third-order valence-electron chi connectivity index (χ3n) is 6.89. The molecule has 50 heavy (non-hydrogen) atoms. The van der Waals surface area contributed by atoms with Gasteiger partial charge < -0.3 is 29.0 Å². The van der Waals surface area contributed by atoms with Crippen molar-refractivity contribution in [3.05, 3.63) is 149 Å². The van der Waals surface area contributed by atoms with Crippen molar-refractivity contribution in [2.24, 2.45) is 0 Å². The molecule has 256 valence electrons. The van der Waals surface area contributed by atoms with Crippen LogP contribution in [0.5, 0.6) is 23.0 Å². The molecule has 0 saturated heterocycles. The molecule has 6 nitrogen and oxygen atoms in total. The number of methoxy groups -OCH3 is 4. The lowest BCUT2D eigenvalue weighted by atomic mass is 9.81. The molecule has 0 fully saturated rings. The number of halogens is 3. The highest BCUT2D eigenvalue weighted by atomic mass is 79.9. The molecule has 6 rings (SSSR count). The zero-order chi connectivity index (χ0) is 44.7. The second kappa shape index (κ2) is 18.6. The van der Waals surface area contributed by atoms with Crippen molar-refractivity contribution in [3.63, 3.8) is 0 Å². The molecule has 0 spiro atoms. The molecule has 0 amide bonds. The van der Waals surface area contributed by atoms with Crippen molar-refractivity contribution >= 4 is 28.5 Å². The number of rotatable bonds is 8. The summed E-state index contributed by atoms with van der Waals surface area (Å²) in [6.07, 6.45) is 0. The van der Waals surface area contributed by atoms with Crippen molar-refractivity contribution < 1.29 is 51.5 Å². The smallest absolute Gasteiger partial charge is 0.488 e. The molecule has 0 aliphatic carbocycles. The van der Waals surface area contributed by atoms with Crippen LogP contribution in [-0.4, -0.2) is 45.6 Å². The third-order valence-corrected chi connectivity index (χ3v) is 7.50. The topological polar surface area (TPSA) is 77.4 Å². The van der Waals surface area contributed by atoms with E-state index in [1.54, 1.807) is 74.9 Å². The lowest BCUT2D eigenvalue weighted by Crippen LogP contribution is -2.29. The summed E-state index contributed by atoms with van der Waals surface area (Å²) in [6.45, 7) is 0. The Kier molecular flexibility index (Phi) is 9.57. The van der Waals surface area contributed by atoms with Gasteiger partial charge in [-0.3, -0.25) is 0 Å². The van der Waals surface area contributed by atoms with Crippen LogP contribution in [0.1, 0.15) is 13.7 Å². The highest BCUT2D eigenvalue weighted by molar-refractivity contribution is 9.10. The zero-order valence-corrected chi connectivity index (χ0v) is 28.8. The standard InChI is InChI=1S/C20H17FO2.C14H12BrFO2.C6H7BO2/c1-22-17-12-7-13-18(23-2)19(17)16-11-6-10-15(20(16)21)14-8-4-3-5-9-14;1-17-11-7-4-8-12(18-2)13(11)9-5-3-6-10(15)14(9)16;8-7(9)6-4-2-1-3-5-6/h3-13H,1-2H3;3-8H,1-2H3;1-5,8-9H/i3D,4D,5D,8D,9D;;1D,2D,3D,4D,5D. The van der Waals surface area contributed by atoms with Crippen molar-refractivity contribution in [2.45, 2.75) is 0 Å². The van der Waals surface area contributed by atoms with Gasteiger partial charge in [-0.05, 0) is 57.3 Å². The molecule has 0 unspecified atom stereocenters. The van der Waals surface area contributed by atoms with Gasteiger partial charge in [0.05, 0.1) is 57.7 Å². The van der Waals surface area contributed by atoms with Gasteiger partial charge >= 0.3 is 7.12 Å². The van der Waals surface area contributed by atoms with E-state index in [0.717, 1.165) is 0 Å². The molecule has 0 atom stereocenters. The van der Waals surface area contributed by atoms with Gasteiger partial charge in [0.25, 0.3) is 0 Å². The highest BCUT2D eigenvalue weighted by Crippen LogP contribution is 2.42. The summed E-state index contributed by atoms with van der Waals surface area (Å²) in [4.78, 5) is 0. The Morgan fingerprint density at radius 1 is 0.540 bits per heavy atom. The van der Waals surface area contributed by atoms with Crippen molar-refractivity contribution in [2.75, 3.05) is 28.4 Å². The monoisotopic (exact) mass is 750 g/mol. The van der Waals surface area contributed by atoms with Crippen LogP contribution in [0.15, 0.2) is 138 Å². The third kappa shape index (κ3) is 9.09. The molecule has 0 aliphatic rings. The van der Waals surface area contributed by atoms with E-state index < -0.39 is 78.8 Å². The second-order valence-corrected chi connectivity index (χ2v) is 10.6. The van der Waals surface area contributed by atoms with Crippen molar-refractivity contribution in [3.8, 4) is 56.4 Å². The summed E-state index contributed by atoms with van der Waals surface area (Å²) >= 11 is 3.18. The van der Waals surface area contributed by atoms with Gasteiger partial charge in [0.2, 0.25) is 0 Å². The summed E-state index contributed by atoms with van der Waals surface area (Å²) in [6, 6.07) is 14.6. The van der Waals surface area contributed by atoms with Crippen LogP contribution in [0, 0.1) is 11.6 Å². The average molecular weight is 751 g/mol. The van der Waals surface area contributed by atoms with Gasteiger partial charge in [-0.25, -0.2) is 8.78 Å². The molecular formula is C40H36BBrF2O6. The maximum atomic E-state index is 15.6. The zero-order valence-electron chi connectivity index (χ0n) is 37.2. The second-order valence-electron chi connectivity index (χ2n) is 9.76. The maximum Gasteiger partial charge on any atom is 0.488 e. The number of benzene rings is 6. The summed E-state index contributed by atoms with van der Waals surface area (Å²) in [5, 5.41) is 17.6. The highest BCUT2D eigenvalue weighted by Gasteiger charge is 2.19. The fourth-order valence-corrected chi connectivity index (χ4v) is 4.99. The molecule has 0 bridgehead atoms. The lowest BCUT2D eigenvalue weighted by Gasteiger charge is -2.15. The first-order chi connectivity index (χ1) is 28.4. The van der Waals surface area contributed by atoms with E-state index in [1.165, 1.54) is 26.4 Å². The molecule has 0 radical (unpaired) electrons. The Balaban J connectivity index is 0.000000213. The Bertz CT molecular complexity index is 2450. The molecule has 2 N–H and O–H groups in total. The summed E-state index contributed by atoms with van der Waals surface area (Å²) < 4.78 is 127. The van der Waals surface area contributed by atoms with Gasteiger partial charge in [0.15, 0.2) is 0 Å². The van der Waals surface area contributed by atoms with Crippen LogP contribution in [0.3, 0.4) is 0 Å².